The Morgan fingerprint density at radius 3 is 2.70 bits per heavy atom. The van der Waals surface area contributed by atoms with Crippen LogP contribution in [0.15, 0.2) is 0 Å². The fraction of sp³-hybridized carbons (Fsp3) is 0.538. The summed E-state index contributed by atoms with van der Waals surface area (Å²) in [5.41, 5.74) is 11.6. The van der Waals surface area contributed by atoms with Gasteiger partial charge in [0.15, 0.2) is 5.78 Å². The highest BCUT2D eigenvalue weighted by atomic mass is 32.1. The molecule has 1 aliphatic rings. The summed E-state index contributed by atoms with van der Waals surface area (Å²) in [5, 5.41) is 3.76. The second-order valence-electron chi connectivity index (χ2n) is 4.97. The Morgan fingerprint density at radius 1 is 1.50 bits per heavy atom. The molecule has 0 bridgehead atoms. The highest BCUT2D eigenvalue weighted by Gasteiger charge is 2.26. The molecule has 2 heterocycles. The Hall–Kier alpha value is -1.60. The van der Waals surface area contributed by atoms with Gasteiger partial charge in [0.05, 0.1) is 22.2 Å². The van der Waals surface area contributed by atoms with Crippen LogP contribution < -0.4 is 16.8 Å². The van der Waals surface area contributed by atoms with Crippen LogP contribution in [0, 0.1) is 5.92 Å². The molecule has 1 fully saturated rings. The molecule has 20 heavy (non-hydrogen) atoms. The predicted molar refractivity (Wildman–Crippen MR) is 79.3 cm³/mol. The van der Waals surface area contributed by atoms with E-state index in [0.29, 0.717) is 22.3 Å². The third kappa shape index (κ3) is 2.78. The van der Waals surface area contributed by atoms with Crippen molar-refractivity contribution in [2.24, 2.45) is 11.7 Å². The van der Waals surface area contributed by atoms with Gasteiger partial charge in [0.25, 0.3) is 5.91 Å². The van der Waals surface area contributed by atoms with Gasteiger partial charge in [-0.2, -0.15) is 0 Å². The highest BCUT2D eigenvalue weighted by Crippen LogP contribution is 2.36. The molecule has 2 unspecified atom stereocenters. The van der Waals surface area contributed by atoms with Gasteiger partial charge in [-0.1, -0.05) is 0 Å². The number of nitrogen functional groups attached to an aromatic ring is 1. The number of nitrogens with one attached hydrogen (secondary N) is 1. The number of carbonyl (C=O) groups excluding carboxylic acids is 2. The van der Waals surface area contributed by atoms with Gasteiger partial charge in [-0.25, -0.2) is 0 Å². The summed E-state index contributed by atoms with van der Waals surface area (Å²) >= 11 is 1.18. The van der Waals surface area contributed by atoms with E-state index < -0.39 is 5.91 Å². The van der Waals surface area contributed by atoms with Crippen LogP contribution in [0.3, 0.4) is 0 Å². The molecule has 110 valence electrons. The molecule has 1 aromatic heterocycles. The first-order valence-electron chi connectivity index (χ1n) is 6.50. The lowest BCUT2D eigenvalue weighted by Crippen LogP contribution is -2.22. The Kier molecular flexibility index (Phi) is 4.29. The van der Waals surface area contributed by atoms with Gasteiger partial charge in [0, 0.05) is 26.0 Å². The minimum absolute atomic E-state index is 0.166. The van der Waals surface area contributed by atoms with Crippen LogP contribution in [0.5, 0.6) is 0 Å². The standard InChI is InChI=1S/C13H19N3O3S/c1-6(17)11-10(14)9(12(15)18)13(20-11)16-5-8-3-4-19-7(8)2/h7-8,16H,3-5,14H2,1-2H3,(H2,15,18). The smallest absolute Gasteiger partial charge is 0.253 e. The van der Waals surface area contributed by atoms with Crippen molar-refractivity contribution in [2.45, 2.75) is 26.4 Å². The molecule has 1 aromatic rings. The van der Waals surface area contributed by atoms with E-state index in [2.05, 4.69) is 5.32 Å². The van der Waals surface area contributed by atoms with Crippen molar-refractivity contribution >= 4 is 33.7 Å². The van der Waals surface area contributed by atoms with Gasteiger partial charge in [0.1, 0.15) is 5.00 Å². The molecule has 0 saturated carbocycles. The molecule has 1 saturated heterocycles. The number of primary amides is 1. The molecular formula is C13H19N3O3S. The fourth-order valence-electron chi connectivity index (χ4n) is 2.34. The van der Waals surface area contributed by atoms with Crippen molar-refractivity contribution in [2.75, 3.05) is 24.2 Å². The van der Waals surface area contributed by atoms with Gasteiger partial charge in [-0.3, -0.25) is 9.59 Å². The number of thiophene rings is 1. The van der Waals surface area contributed by atoms with Gasteiger partial charge in [0.2, 0.25) is 0 Å². The third-order valence-corrected chi connectivity index (χ3v) is 4.83. The zero-order chi connectivity index (χ0) is 14.9. The zero-order valence-electron chi connectivity index (χ0n) is 11.6. The molecule has 7 heteroatoms. The Balaban J connectivity index is 2.20. The van der Waals surface area contributed by atoms with Crippen LogP contribution >= 0.6 is 11.3 Å². The SMILES string of the molecule is CC(=O)c1sc(NCC2CCOC2C)c(C(N)=O)c1N. The number of carbonyl (C=O) groups is 2. The maximum atomic E-state index is 11.5. The quantitative estimate of drug-likeness (QED) is 0.713. The second-order valence-corrected chi connectivity index (χ2v) is 6.00. The summed E-state index contributed by atoms with van der Waals surface area (Å²) in [6.07, 6.45) is 1.16. The number of hydrogen-bond donors (Lipinski definition) is 3. The molecule has 6 nitrogen and oxygen atoms in total. The van der Waals surface area contributed by atoms with Gasteiger partial charge < -0.3 is 21.5 Å². The van der Waals surface area contributed by atoms with Crippen LogP contribution in [-0.4, -0.2) is 30.9 Å². The molecule has 1 aliphatic heterocycles. The summed E-state index contributed by atoms with van der Waals surface area (Å²) < 4.78 is 5.49. The first-order chi connectivity index (χ1) is 9.41. The normalized spacial score (nSPS) is 21.9. The van der Waals surface area contributed by atoms with E-state index in [1.807, 2.05) is 6.92 Å². The van der Waals surface area contributed by atoms with Crippen molar-refractivity contribution in [3.63, 3.8) is 0 Å². The molecule has 0 radical (unpaired) electrons. The van der Waals surface area contributed by atoms with Crippen LogP contribution in [0.1, 0.15) is 40.3 Å². The minimum Gasteiger partial charge on any atom is -0.397 e. The second kappa shape index (κ2) is 5.80. The number of ether oxygens (including phenoxy) is 1. The van der Waals surface area contributed by atoms with E-state index in [-0.39, 0.29) is 23.1 Å². The molecule has 1 amide bonds. The van der Waals surface area contributed by atoms with Gasteiger partial charge in [-0.05, 0) is 13.3 Å². The van der Waals surface area contributed by atoms with Crippen molar-refractivity contribution < 1.29 is 14.3 Å². The highest BCUT2D eigenvalue weighted by molar-refractivity contribution is 7.19. The van der Waals surface area contributed by atoms with Crippen LogP contribution in [-0.2, 0) is 4.74 Å². The molecule has 5 N–H and O–H groups in total. The number of nitrogens with two attached hydrogens (primary N) is 2. The van der Waals surface area contributed by atoms with Crippen LogP contribution in [0.25, 0.3) is 0 Å². The maximum absolute atomic E-state index is 11.5. The van der Waals surface area contributed by atoms with Gasteiger partial charge >= 0.3 is 0 Å². The van der Waals surface area contributed by atoms with E-state index in [9.17, 15) is 9.59 Å². The first kappa shape index (κ1) is 14.8. The molecule has 2 rings (SSSR count). The van der Waals surface area contributed by atoms with Crippen molar-refractivity contribution in [1.82, 2.24) is 0 Å². The number of hydrogen-bond acceptors (Lipinski definition) is 6. The minimum atomic E-state index is -0.621. The van der Waals surface area contributed by atoms with E-state index in [1.165, 1.54) is 18.3 Å². The lowest BCUT2D eigenvalue weighted by molar-refractivity contribution is 0.100. The summed E-state index contributed by atoms with van der Waals surface area (Å²) in [5.74, 6) is -0.412. The number of Topliss-reactive ketones (excluding diaryl/α,β-unsaturated/α-hetero) is 1. The third-order valence-electron chi connectivity index (χ3n) is 3.57. The lowest BCUT2D eigenvalue weighted by atomic mass is 10.0. The molecule has 0 spiro atoms. The van der Waals surface area contributed by atoms with E-state index in [1.54, 1.807) is 0 Å². The monoisotopic (exact) mass is 297 g/mol. The average Bonchev–Trinajstić information content (AvgIpc) is 2.90. The van der Waals surface area contributed by atoms with Crippen LogP contribution in [0.4, 0.5) is 10.7 Å². The van der Waals surface area contributed by atoms with Crippen molar-refractivity contribution in [3.05, 3.63) is 10.4 Å². The fourth-order valence-corrected chi connectivity index (χ4v) is 3.37. The molecule has 2 atom stereocenters. The summed E-state index contributed by atoms with van der Waals surface area (Å²) in [6.45, 7) is 4.86. The van der Waals surface area contributed by atoms with Crippen LogP contribution in [0.2, 0.25) is 0 Å². The summed E-state index contributed by atoms with van der Waals surface area (Å²) in [7, 11) is 0. The summed E-state index contributed by atoms with van der Waals surface area (Å²) in [6, 6.07) is 0. The number of anilines is 2. The number of ketones is 1. The van der Waals surface area contributed by atoms with Gasteiger partial charge in [-0.15, -0.1) is 11.3 Å². The largest absolute Gasteiger partial charge is 0.397 e. The predicted octanol–water partition coefficient (Wildman–Crippen LogP) is 1.47. The zero-order valence-corrected chi connectivity index (χ0v) is 12.4. The average molecular weight is 297 g/mol. The van der Waals surface area contributed by atoms with E-state index in [4.69, 9.17) is 16.2 Å². The maximum Gasteiger partial charge on any atom is 0.253 e. The Bertz CT molecular complexity index is 541. The van der Waals surface area contributed by atoms with E-state index >= 15 is 0 Å². The number of amides is 1. The first-order valence-corrected chi connectivity index (χ1v) is 7.32. The topological polar surface area (TPSA) is 107 Å². The molecule has 0 aromatic carbocycles. The Morgan fingerprint density at radius 2 is 2.20 bits per heavy atom. The van der Waals surface area contributed by atoms with Crippen molar-refractivity contribution in [1.29, 1.82) is 0 Å². The lowest BCUT2D eigenvalue weighted by Gasteiger charge is -2.15. The Labute approximate surface area is 121 Å². The number of rotatable bonds is 5. The molecular weight excluding hydrogens is 278 g/mol. The summed E-state index contributed by atoms with van der Waals surface area (Å²) in [4.78, 5) is 23.4. The van der Waals surface area contributed by atoms with E-state index in [0.717, 1.165) is 13.0 Å². The van der Waals surface area contributed by atoms with Crippen molar-refractivity contribution in [3.8, 4) is 0 Å². The molecule has 0 aliphatic carbocycles.